The molecule has 1 N–H and O–H groups in total. The molecule has 0 bridgehead atoms. The van der Waals surface area contributed by atoms with Gasteiger partial charge >= 0.3 is 0 Å². The second kappa shape index (κ2) is 6.54. The molecule has 0 radical (unpaired) electrons. The Bertz CT molecular complexity index is 364. The molecule has 1 aromatic rings. The molecule has 0 aromatic carbocycles. The van der Waals surface area contributed by atoms with Crippen molar-refractivity contribution in [3.63, 3.8) is 0 Å². The second-order valence-electron chi connectivity index (χ2n) is 5.01. The zero-order chi connectivity index (χ0) is 13.0. The van der Waals surface area contributed by atoms with E-state index in [0.29, 0.717) is 12.3 Å². The van der Waals surface area contributed by atoms with Gasteiger partial charge < -0.3 is 9.84 Å². The first-order valence-electron chi connectivity index (χ1n) is 6.41. The van der Waals surface area contributed by atoms with Gasteiger partial charge in [-0.05, 0) is 5.92 Å². The number of thioether (sulfide) groups is 1. The summed E-state index contributed by atoms with van der Waals surface area (Å²) in [6.45, 7) is 5.85. The molecule has 0 saturated carbocycles. The van der Waals surface area contributed by atoms with Crippen molar-refractivity contribution >= 4 is 11.8 Å². The lowest BCUT2D eigenvalue weighted by Gasteiger charge is -2.26. The first-order chi connectivity index (χ1) is 8.66. The molecule has 0 spiro atoms. The molecule has 0 aliphatic carbocycles. The Morgan fingerprint density at radius 3 is 3.11 bits per heavy atom. The number of hydrogen-bond donors (Lipinski definition) is 1. The summed E-state index contributed by atoms with van der Waals surface area (Å²) in [6, 6.07) is 0. The molecule has 2 rings (SSSR count). The van der Waals surface area contributed by atoms with Crippen molar-refractivity contribution in [1.82, 2.24) is 14.8 Å². The van der Waals surface area contributed by atoms with Crippen LogP contribution in [-0.4, -0.2) is 50.2 Å². The predicted octanol–water partition coefficient (Wildman–Crippen LogP) is 0.970. The summed E-state index contributed by atoms with van der Waals surface area (Å²) in [6.07, 6.45) is 1.50. The maximum Gasteiger partial charge on any atom is 0.138 e. The Labute approximate surface area is 112 Å². The van der Waals surface area contributed by atoms with Crippen LogP contribution >= 0.6 is 11.8 Å². The lowest BCUT2D eigenvalue weighted by molar-refractivity contribution is -0.0220. The lowest BCUT2D eigenvalue weighted by atomic mass is 10.1. The molecule has 1 aliphatic rings. The number of aliphatic hydroxyl groups is 1. The van der Waals surface area contributed by atoms with Crippen molar-refractivity contribution in [2.45, 2.75) is 39.0 Å². The van der Waals surface area contributed by atoms with Crippen LogP contribution in [0.3, 0.4) is 0 Å². The van der Waals surface area contributed by atoms with E-state index in [1.807, 2.05) is 16.4 Å². The third kappa shape index (κ3) is 3.70. The van der Waals surface area contributed by atoms with Gasteiger partial charge in [0.15, 0.2) is 0 Å². The van der Waals surface area contributed by atoms with Crippen LogP contribution < -0.4 is 0 Å². The van der Waals surface area contributed by atoms with Crippen LogP contribution in [0, 0.1) is 5.92 Å². The van der Waals surface area contributed by atoms with Gasteiger partial charge in [0.05, 0.1) is 18.8 Å². The minimum absolute atomic E-state index is 0.0760. The average molecular weight is 271 g/mol. The first-order valence-corrected chi connectivity index (χ1v) is 7.56. The maximum absolute atomic E-state index is 10.2. The van der Waals surface area contributed by atoms with Gasteiger partial charge in [-0.15, -0.1) is 0 Å². The van der Waals surface area contributed by atoms with Gasteiger partial charge in [0.2, 0.25) is 0 Å². The molecule has 1 aromatic heterocycles. The van der Waals surface area contributed by atoms with Crippen LogP contribution in [0.25, 0.3) is 0 Å². The van der Waals surface area contributed by atoms with Gasteiger partial charge in [-0.25, -0.2) is 9.67 Å². The molecule has 1 saturated heterocycles. The highest BCUT2D eigenvalue weighted by Gasteiger charge is 2.24. The molecule has 2 unspecified atom stereocenters. The fraction of sp³-hybridized carbons (Fsp3) is 0.833. The van der Waals surface area contributed by atoms with Crippen LogP contribution in [0.15, 0.2) is 6.33 Å². The molecule has 2 heterocycles. The van der Waals surface area contributed by atoms with E-state index >= 15 is 0 Å². The minimum atomic E-state index is -0.493. The van der Waals surface area contributed by atoms with Crippen LogP contribution in [0.4, 0.5) is 0 Å². The number of nitrogens with zero attached hydrogens (tertiary/aromatic N) is 3. The summed E-state index contributed by atoms with van der Waals surface area (Å²) in [7, 11) is 0. The average Bonchev–Trinajstić information content (AvgIpc) is 2.77. The molecule has 1 aliphatic heterocycles. The van der Waals surface area contributed by atoms with Crippen molar-refractivity contribution in [2.75, 3.05) is 18.1 Å². The van der Waals surface area contributed by atoms with Gasteiger partial charge in [-0.2, -0.15) is 16.9 Å². The zero-order valence-electron chi connectivity index (χ0n) is 11.0. The van der Waals surface area contributed by atoms with Crippen LogP contribution in [-0.2, 0) is 17.7 Å². The van der Waals surface area contributed by atoms with Crippen molar-refractivity contribution in [2.24, 2.45) is 5.92 Å². The Morgan fingerprint density at radius 1 is 1.61 bits per heavy atom. The normalized spacial score (nSPS) is 22.3. The van der Waals surface area contributed by atoms with Crippen molar-refractivity contribution < 1.29 is 9.84 Å². The predicted molar refractivity (Wildman–Crippen MR) is 71.6 cm³/mol. The Hall–Kier alpha value is -0.590. The number of aliphatic hydroxyl groups excluding tert-OH is 1. The molecule has 0 amide bonds. The van der Waals surface area contributed by atoms with E-state index in [1.165, 1.54) is 0 Å². The van der Waals surface area contributed by atoms with Crippen molar-refractivity contribution in [3.05, 3.63) is 12.2 Å². The molecule has 102 valence electrons. The lowest BCUT2D eigenvalue weighted by Crippen LogP contribution is -2.37. The van der Waals surface area contributed by atoms with Gasteiger partial charge in [0, 0.05) is 24.5 Å². The highest BCUT2D eigenvalue weighted by atomic mass is 32.2. The third-order valence-electron chi connectivity index (χ3n) is 2.90. The highest BCUT2D eigenvalue weighted by Crippen LogP contribution is 2.17. The van der Waals surface area contributed by atoms with E-state index < -0.39 is 6.10 Å². The second-order valence-corrected chi connectivity index (χ2v) is 6.16. The number of aromatic nitrogens is 3. The topological polar surface area (TPSA) is 60.2 Å². The smallest absolute Gasteiger partial charge is 0.138 e. The van der Waals surface area contributed by atoms with Gasteiger partial charge in [0.25, 0.3) is 0 Å². The van der Waals surface area contributed by atoms with Crippen LogP contribution in [0.5, 0.6) is 0 Å². The Balaban J connectivity index is 1.93. The molecular weight excluding hydrogens is 250 g/mol. The van der Waals surface area contributed by atoms with E-state index in [4.69, 9.17) is 4.74 Å². The SMILES string of the molecule is CC(C)Cn1ncnc1CC(O)C1CSCCO1. The van der Waals surface area contributed by atoms with Crippen LogP contribution in [0.2, 0.25) is 0 Å². The summed E-state index contributed by atoms with van der Waals surface area (Å²) in [5.41, 5.74) is 0. The first kappa shape index (κ1) is 13.8. The Kier molecular flexibility index (Phi) is 5.03. The fourth-order valence-electron chi connectivity index (χ4n) is 1.99. The number of ether oxygens (including phenoxy) is 1. The van der Waals surface area contributed by atoms with Crippen LogP contribution in [0.1, 0.15) is 19.7 Å². The molecular formula is C12H21N3O2S. The van der Waals surface area contributed by atoms with Gasteiger partial charge in [-0.3, -0.25) is 0 Å². The number of rotatable bonds is 5. The van der Waals surface area contributed by atoms with Gasteiger partial charge in [0.1, 0.15) is 12.2 Å². The molecule has 2 atom stereocenters. The quantitative estimate of drug-likeness (QED) is 0.864. The van der Waals surface area contributed by atoms with E-state index in [9.17, 15) is 5.11 Å². The summed E-state index contributed by atoms with van der Waals surface area (Å²) in [4.78, 5) is 4.23. The van der Waals surface area contributed by atoms with E-state index in [2.05, 4.69) is 23.9 Å². The molecule has 6 heteroatoms. The minimum Gasteiger partial charge on any atom is -0.390 e. The van der Waals surface area contributed by atoms with E-state index in [0.717, 1.165) is 30.5 Å². The summed E-state index contributed by atoms with van der Waals surface area (Å²) in [5.74, 6) is 3.24. The Morgan fingerprint density at radius 2 is 2.44 bits per heavy atom. The van der Waals surface area contributed by atoms with Gasteiger partial charge in [-0.1, -0.05) is 13.8 Å². The monoisotopic (exact) mass is 271 g/mol. The van der Waals surface area contributed by atoms with Crippen molar-refractivity contribution in [3.8, 4) is 0 Å². The van der Waals surface area contributed by atoms with E-state index in [1.54, 1.807) is 6.33 Å². The third-order valence-corrected chi connectivity index (χ3v) is 3.92. The maximum atomic E-state index is 10.2. The summed E-state index contributed by atoms with van der Waals surface area (Å²) in [5, 5.41) is 14.4. The largest absolute Gasteiger partial charge is 0.390 e. The summed E-state index contributed by atoms with van der Waals surface area (Å²) >= 11 is 1.83. The van der Waals surface area contributed by atoms with Crippen molar-refractivity contribution in [1.29, 1.82) is 0 Å². The molecule has 18 heavy (non-hydrogen) atoms. The zero-order valence-corrected chi connectivity index (χ0v) is 11.8. The molecule has 5 nitrogen and oxygen atoms in total. The number of hydrogen-bond acceptors (Lipinski definition) is 5. The standard InChI is InChI=1S/C12H21N3O2S/c1-9(2)6-15-12(13-8-14-15)5-10(16)11-7-18-4-3-17-11/h8-11,16H,3-7H2,1-2H3. The summed E-state index contributed by atoms with van der Waals surface area (Å²) < 4.78 is 7.46. The van der Waals surface area contributed by atoms with E-state index in [-0.39, 0.29) is 6.10 Å². The highest BCUT2D eigenvalue weighted by molar-refractivity contribution is 7.99. The fourth-order valence-corrected chi connectivity index (χ4v) is 2.92. The molecule has 1 fully saturated rings.